The third-order valence-corrected chi connectivity index (χ3v) is 3.49. The minimum absolute atomic E-state index is 0.134. The van der Waals surface area contributed by atoms with Crippen LogP contribution in [-0.4, -0.2) is 17.5 Å². The van der Waals surface area contributed by atoms with E-state index in [0.717, 1.165) is 25.1 Å². The SMILES string of the molecule is C=C(CCC=C(C)C)C1CN1c1ccc([N+](=O)[O-])cc1. The molecule has 1 fully saturated rings. The number of nitro groups is 1. The lowest BCUT2D eigenvalue weighted by Gasteiger charge is -2.07. The van der Waals surface area contributed by atoms with E-state index in [-0.39, 0.29) is 10.6 Å². The molecule has 0 spiro atoms. The van der Waals surface area contributed by atoms with Gasteiger partial charge in [0.1, 0.15) is 0 Å². The van der Waals surface area contributed by atoms with Crippen molar-refractivity contribution in [1.82, 2.24) is 0 Å². The van der Waals surface area contributed by atoms with Crippen molar-refractivity contribution in [1.29, 1.82) is 0 Å². The number of hydrogen-bond donors (Lipinski definition) is 0. The number of rotatable bonds is 6. The second-order valence-corrected chi connectivity index (χ2v) is 5.42. The monoisotopic (exact) mass is 272 g/mol. The molecule has 2 rings (SSSR count). The van der Waals surface area contributed by atoms with Gasteiger partial charge < -0.3 is 4.90 Å². The van der Waals surface area contributed by atoms with E-state index >= 15 is 0 Å². The Labute approximate surface area is 119 Å². The van der Waals surface area contributed by atoms with Crippen LogP contribution in [0.2, 0.25) is 0 Å². The van der Waals surface area contributed by atoms with Gasteiger partial charge in [0.25, 0.3) is 5.69 Å². The van der Waals surface area contributed by atoms with Crippen LogP contribution in [0.5, 0.6) is 0 Å². The molecule has 0 N–H and O–H groups in total. The molecule has 1 aromatic rings. The molecule has 1 saturated heterocycles. The fraction of sp³-hybridized carbons (Fsp3) is 0.375. The van der Waals surface area contributed by atoms with Crippen LogP contribution >= 0.6 is 0 Å². The average molecular weight is 272 g/mol. The highest BCUT2D eigenvalue weighted by molar-refractivity contribution is 5.59. The molecule has 1 aliphatic heterocycles. The van der Waals surface area contributed by atoms with Crippen molar-refractivity contribution >= 4 is 11.4 Å². The molecule has 0 bridgehead atoms. The summed E-state index contributed by atoms with van der Waals surface area (Å²) in [6, 6.07) is 7.11. The highest BCUT2D eigenvalue weighted by Gasteiger charge is 2.35. The maximum absolute atomic E-state index is 10.6. The van der Waals surface area contributed by atoms with Gasteiger partial charge in [0.2, 0.25) is 0 Å². The van der Waals surface area contributed by atoms with Crippen molar-refractivity contribution in [2.24, 2.45) is 0 Å². The molecular formula is C16H20N2O2. The maximum Gasteiger partial charge on any atom is 0.269 e. The Kier molecular flexibility index (Phi) is 4.23. The molecule has 0 radical (unpaired) electrons. The van der Waals surface area contributed by atoms with E-state index < -0.39 is 0 Å². The summed E-state index contributed by atoms with van der Waals surface area (Å²) < 4.78 is 0. The lowest BCUT2D eigenvalue weighted by molar-refractivity contribution is -0.384. The summed E-state index contributed by atoms with van der Waals surface area (Å²) in [7, 11) is 0. The highest BCUT2D eigenvalue weighted by Crippen LogP contribution is 2.34. The first-order valence-electron chi connectivity index (χ1n) is 6.81. The van der Waals surface area contributed by atoms with Gasteiger partial charge in [0.15, 0.2) is 0 Å². The Morgan fingerprint density at radius 1 is 1.45 bits per heavy atom. The van der Waals surface area contributed by atoms with E-state index in [4.69, 9.17) is 0 Å². The van der Waals surface area contributed by atoms with Crippen LogP contribution in [0, 0.1) is 10.1 Å². The summed E-state index contributed by atoms with van der Waals surface area (Å²) in [5.41, 5.74) is 3.74. The van der Waals surface area contributed by atoms with Crippen LogP contribution in [0.1, 0.15) is 26.7 Å². The summed E-state index contributed by atoms with van der Waals surface area (Å²) in [5.74, 6) is 0. The number of nitro benzene ring substituents is 1. The fourth-order valence-electron chi connectivity index (χ4n) is 2.25. The molecule has 106 valence electrons. The van der Waals surface area contributed by atoms with E-state index in [1.54, 1.807) is 12.1 Å². The van der Waals surface area contributed by atoms with Crippen LogP contribution in [0.3, 0.4) is 0 Å². The second kappa shape index (κ2) is 5.90. The minimum atomic E-state index is -0.373. The largest absolute Gasteiger partial charge is 0.361 e. The third-order valence-electron chi connectivity index (χ3n) is 3.49. The standard InChI is InChI=1S/C16H20N2O2/c1-12(2)5-4-6-13(3)16-11-17(16)14-7-9-15(10-8-14)18(19)20/h5,7-10,16H,3-4,6,11H2,1-2H3. The molecule has 4 heteroatoms. The van der Waals surface area contributed by atoms with Crippen LogP contribution in [0.4, 0.5) is 11.4 Å². The van der Waals surface area contributed by atoms with Crippen molar-refractivity contribution in [2.45, 2.75) is 32.7 Å². The van der Waals surface area contributed by atoms with E-state index in [2.05, 4.69) is 31.4 Å². The summed E-state index contributed by atoms with van der Waals surface area (Å²) in [6.07, 6.45) is 4.26. The molecule has 1 unspecified atom stereocenters. The third kappa shape index (κ3) is 3.47. The number of nitrogens with zero attached hydrogens (tertiary/aromatic N) is 2. The topological polar surface area (TPSA) is 46.1 Å². The molecule has 1 atom stereocenters. The van der Waals surface area contributed by atoms with E-state index in [1.165, 1.54) is 11.1 Å². The zero-order valence-electron chi connectivity index (χ0n) is 12.0. The van der Waals surface area contributed by atoms with Crippen molar-refractivity contribution in [2.75, 3.05) is 11.4 Å². The Morgan fingerprint density at radius 3 is 2.65 bits per heavy atom. The molecule has 0 saturated carbocycles. The van der Waals surface area contributed by atoms with Gasteiger partial charge in [-0.25, -0.2) is 0 Å². The Balaban J connectivity index is 1.89. The van der Waals surface area contributed by atoms with Gasteiger partial charge in [-0.2, -0.15) is 0 Å². The van der Waals surface area contributed by atoms with Gasteiger partial charge in [0.05, 0.1) is 11.0 Å². The van der Waals surface area contributed by atoms with Gasteiger partial charge >= 0.3 is 0 Å². The quantitative estimate of drug-likeness (QED) is 0.339. The van der Waals surface area contributed by atoms with E-state index in [1.807, 2.05) is 12.1 Å². The first kappa shape index (κ1) is 14.3. The van der Waals surface area contributed by atoms with Crippen molar-refractivity contribution in [3.63, 3.8) is 0 Å². The Morgan fingerprint density at radius 2 is 2.10 bits per heavy atom. The molecule has 20 heavy (non-hydrogen) atoms. The summed E-state index contributed by atoms with van der Waals surface area (Å²) in [4.78, 5) is 12.5. The molecule has 0 amide bonds. The zero-order chi connectivity index (χ0) is 14.7. The first-order chi connectivity index (χ1) is 9.49. The second-order valence-electron chi connectivity index (χ2n) is 5.42. The summed E-state index contributed by atoms with van der Waals surface area (Å²) in [6.45, 7) is 9.32. The van der Waals surface area contributed by atoms with Gasteiger partial charge in [-0.3, -0.25) is 10.1 Å². The van der Waals surface area contributed by atoms with Crippen molar-refractivity contribution in [3.05, 3.63) is 58.2 Å². The summed E-state index contributed by atoms with van der Waals surface area (Å²) in [5, 5.41) is 10.6. The molecular weight excluding hydrogens is 252 g/mol. The summed E-state index contributed by atoms with van der Waals surface area (Å²) >= 11 is 0. The Hall–Kier alpha value is -2.10. The molecule has 0 aliphatic carbocycles. The van der Waals surface area contributed by atoms with Crippen LogP contribution in [0.15, 0.2) is 48.1 Å². The molecule has 1 heterocycles. The van der Waals surface area contributed by atoms with Gasteiger partial charge in [-0.15, -0.1) is 0 Å². The maximum atomic E-state index is 10.6. The van der Waals surface area contributed by atoms with Crippen molar-refractivity contribution in [3.8, 4) is 0 Å². The van der Waals surface area contributed by atoms with E-state index in [0.29, 0.717) is 6.04 Å². The molecule has 4 nitrogen and oxygen atoms in total. The van der Waals surface area contributed by atoms with Crippen LogP contribution in [0.25, 0.3) is 0 Å². The van der Waals surface area contributed by atoms with E-state index in [9.17, 15) is 10.1 Å². The average Bonchev–Trinajstić information content (AvgIpc) is 3.18. The fourth-order valence-corrected chi connectivity index (χ4v) is 2.25. The number of benzene rings is 1. The molecule has 1 aliphatic rings. The normalized spacial score (nSPS) is 16.7. The van der Waals surface area contributed by atoms with Crippen LogP contribution < -0.4 is 4.90 Å². The Bertz CT molecular complexity index is 542. The molecule has 0 aromatic heterocycles. The number of anilines is 1. The predicted molar refractivity (Wildman–Crippen MR) is 82.0 cm³/mol. The van der Waals surface area contributed by atoms with Crippen molar-refractivity contribution < 1.29 is 4.92 Å². The predicted octanol–water partition coefficient (Wildman–Crippen LogP) is 4.09. The molecule has 1 aromatic carbocycles. The van der Waals surface area contributed by atoms with Crippen LogP contribution in [-0.2, 0) is 0 Å². The first-order valence-corrected chi connectivity index (χ1v) is 6.81. The minimum Gasteiger partial charge on any atom is -0.361 e. The zero-order valence-corrected chi connectivity index (χ0v) is 12.0. The lowest BCUT2D eigenvalue weighted by atomic mass is 10.1. The van der Waals surface area contributed by atoms with Gasteiger partial charge in [0, 0.05) is 24.4 Å². The highest BCUT2D eigenvalue weighted by atomic mass is 16.6. The lowest BCUT2D eigenvalue weighted by Crippen LogP contribution is -2.01. The smallest absolute Gasteiger partial charge is 0.269 e. The van der Waals surface area contributed by atoms with Gasteiger partial charge in [-0.1, -0.05) is 23.8 Å². The number of hydrogen-bond acceptors (Lipinski definition) is 3. The number of non-ortho nitro benzene ring substituents is 1. The number of allylic oxidation sites excluding steroid dienone is 2. The van der Waals surface area contributed by atoms with Gasteiger partial charge in [-0.05, 0) is 38.8 Å².